The zero-order valence-electron chi connectivity index (χ0n) is 22.1. The molecule has 5 aromatic rings. The Hall–Kier alpha value is -4.80. The van der Waals surface area contributed by atoms with Crippen molar-refractivity contribution in [1.82, 2.24) is 15.0 Å². The molecule has 3 aromatic carbocycles. The van der Waals surface area contributed by atoms with Crippen molar-refractivity contribution in [3.05, 3.63) is 94.9 Å². The molecule has 2 aliphatic rings. The molecular formula is C31H23F4N3O4. The number of nitrogens with zero attached hydrogens (tertiary/aromatic N) is 1. The summed E-state index contributed by atoms with van der Waals surface area (Å²) in [5.74, 6) is -6.21. The number of aromatic amines is 2. The quantitative estimate of drug-likeness (QED) is 0.147. The highest BCUT2D eigenvalue weighted by Crippen LogP contribution is 2.54. The third kappa shape index (κ3) is 3.94. The van der Waals surface area contributed by atoms with Gasteiger partial charge < -0.3 is 24.5 Å². The molecule has 3 atom stereocenters. The summed E-state index contributed by atoms with van der Waals surface area (Å²) >= 11 is 0. The van der Waals surface area contributed by atoms with Gasteiger partial charge in [-0.3, -0.25) is 4.79 Å². The minimum Gasteiger partial charge on any atom is -0.493 e. The van der Waals surface area contributed by atoms with Crippen molar-refractivity contribution in [1.29, 1.82) is 0 Å². The number of aliphatic carboxylic acids is 1. The van der Waals surface area contributed by atoms with Crippen molar-refractivity contribution < 1.29 is 36.9 Å². The number of carboxylic acid groups (broad SMARTS) is 1. The smallest absolute Gasteiger partial charge is 0.307 e. The Balaban J connectivity index is 1.23. The molecule has 2 aromatic heterocycles. The van der Waals surface area contributed by atoms with E-state index in [1.165, 1.54) is 24.4 Å². The molecule has 0 unspecified atom stereocenters. The molecule has 11 heteroatoms. The number of rotatable bonds is 6. The van der Waals surface area contributed by atoms with Gasteiger partial charge in [0.25, 0.3) is 0 Å². The first-order valence-electron chi connectivity index (χ1n) is 13.3. The molecule has 0 saturated heterocycles. The van der Waals surface area contributed by atoms with Crippen LogP contribution >= 0.6 is 0 Å². The maximum atomic E-state index is 15.0. The summed E-state index contributed by atoms with van der Waals surface area (Å²) in [5, 5.41) is 9.24. The second-order valence-corrected chi connectivity index (χ2v) is 10.9. The van der Waals surface area contributed by atoms with E-state index in [2.05, 4.69) is 15.0 Å². The van der Waals surface area contributed by atoms with Crippen LogP contribution in [0.2, 0.25) is 0 Å². The number of hydrogen-bond donors (Lipinski definition) is 3. The Morgan fingerprint density at radius 2 is 1.93 bits per heavy atom. The third-order valence-corrected chi connectivity index (χ3v) is 8.35. The van der Waals surface area contributed by atoms with Crippen molar-refractivity contribution in [3.63, 3.8) is 0 Å². The number of imidazole rings is 1. The number of carboxylic acids is 1. The number of hydrogen-bond acceptors (Lipinski definition) is 4. The van der Waals surface area contributed by atoms with E-state index in [-0.39, 0.29) is 34.0 Å². The van der Waals surface area contributed by atoms with Crippen LogP contribution in [-0.2, 0) is 10.2 Å². The highest BCUT2D eigenvalue weighted by Gasteiger charge is 2.47. The number of halogens is 4. The number of benzene rings is 3. The molecule has 42 heavy (non-hydrogen) atoms. The van der Waals surface area contributed by atoms with Gasteiger partial charge in [-0.2, -0.15) is 4.39 Å². The predicted molar refractivity (Wildman–Crippen MR) is 144 cm³/mol. The molecule has 0 radical (unpaired) electrons. The van der Waals surface area contributed by atoms with Gasteiger partial charge in [0.2, 0.25) is 11.6 Å². The molecule has 3 N–H and O–H groups in total. The Kier molecular flexibility index (Phi) is 5.83. The lowest BCUT2D eigenvalue weighted by Crippen LogP contribution is -2.32. The topological polar surface area (TPSA) is 100 Å². The fourth-order valence-corrected chi connectivity index (χ4v) is 5.87. The Labute approximate surface area is 236 Å². The molecule has 3 heterocycles. The van der Waals surface area contributed by atoms with Crippen molar-refractivity contribution >= 4 is 16.9 Å². The van der Waals surface area contributed by atoms with E-state index >= 15 is 4.39 Å². The van der Waals surface area contributed by atoms with E-state index in [0.717, 1.165) is 17.2 Å². The maximum absolute atomic E-state index is 15.0. The first-order chi connectivity index (χ1) is 20.2. The number of ether oxygens (including phenoxy) is 2. The second kappa shape index (κ2) is 9.37. The minimum absolute atomic E-state index is 0.0188. The van der Waals surface area contributed by atoms with Crippen LogP contribution < -0.4 is 9.47 Å². The first kappa shape index (κ1) is 26.1. The summed E-state index contributed by atoms with van der Waals surface area (Å²) in [6.45, 7) is 2.37. The summed E-state index contributed by atoms with van der Waals surface area (Å²) in [6, 6.07) is 10.4. The summed E-state index contributed by atoms with van der Waals surface area (Å²) in [6.07, 6.45) is 4.06. The number of para-hydroxylation sites is 1. The number of H-pyrrole nitrogens is 2. The third-order valence-electron chi connectivity index (χ3n) is 8.35. The fourth-order valence-electron chi connectivity index (χ4n) is 5.87. The maximum Gasteiger partial charge on any atom is 0.307 e. The first-order valence-corrected chi connectivity index (χ1v) is 13.3. The average molecular weight is 578 g/mol. The predicted octanol–water partition coefficient (Wildman–Crippen LogP) is 7.18. The van der Waals surface area contributed by atoms with Crippen LogP contribution in [-0.4, -0.2) is 32.6 Å². The Morgan fingerprint density at radius 1 is 1.10 bits per heavy atom. The van der Waals surface area contributed by atoms with Crippen LogP contribution in [0.15, 0.2) is 54.9 Å². The van der Waals surface area contributed by atoms with Gasteiger partial charge in [0.05, 0.1) is 29.3 Å². The summed E-state index contributed by atoms with van der Waals surface area (Å²) < 4.78 is 70.6. The minimum atomic E-state index is -1.51. The number of aromatic nitrogens is 3. The molecule has 7 nitrogen and oxygen atoms in total. The standard InChI is InChI=1S/C31H23F4N3O4/c1-31(8-10-41-27-15(3-2-4-20(27)31)17-12-18(17)30(39)40)22-13-37-29(38-22)19-11-14(5-6-21(19)32)42-28-23(33)16-7-9-36-26(16)24(34)25(28)35/h2-7,9,11,13,17-18,36H,8,10,12H2,1H3,(H,37,38)(H,39,40)/t17-,18-,31+/m0/s1. The molecule has 1 aliphatic carbocycles. The average Bonchev–Trinajstić information content (AvgIpc) is 3.36. The molecule has 214 valence electrons. The molecule has 1 fully saturated rings. The van der Waals surface area contributed by atoms with Gasteiger partial charge in [0.1, 0.15) is 23.1 Å². The molecular weight excluding hydrogens is 554 g/mol. The van der Waals surface area contributed by atoms with Gasteiger partial charge in [-0.25, -0.2) is 18.2 Å². The lowest BCUT2D eigenvalue weighted by Gasteiger charge is -2.35. The van der Waals surface area contributed by atoms with E-state index in [9.17, 15) is 23.1 Å². The molecule has 1 aliphatic heterocycles. The SMILES string of the molecule is C[C@@]1(c2c[nH]c(-c3cc(Oc4c(F)c(F)c5[nH]ccc5c4F)ccc3F)n2)CCOc2c([C@@H]3C[C@@H]3C(=O)O)cccc21. The van der Waals surface area contributed by atoms with E-state index in [0.29, 0.717) is 30.9 Å². The second-order valence-electron chi connectivity index (χ2n) is 10.9. The molecule has 0 spiro atoms. The Bertz CT molecular complexity index is 1900. The number of carbonyl (C=O) groups is 1. The van der Waals surface area contributed by atoms with Gasteiger partial charge in [-0.15, -0.1) is 0 Å². The van der Waals surface area contributed by atoms with Crippen molar-refractivity contribution in [2.75, 3.05) is 6.61 Å². The van der Waals surface area contributed by atoms with Crippen LogP contribution in [0, 0.1) is 29.2 Å². The van der Waals surface area contributed by atoms with Gasteiger partial charge in [-0.05, 0) is 49.6 Å². The van der Waals surface area contributed by atoms with E-state index in [4.69, 9.17) is 9.47 Å². The summed E-state index contributed by atoms with van der Waals surface area (Å²) in [5.41, 5.74) is 1.33. The lowest BCUT2D eigenvalue weighted by atomic mass is 9.74. The lowest BCUT2D eigenvalue weighted by molar-refractivity contribution is -0.138. The molecule has 1 saturated carbocycles. The molecule has 0 amide bonds. The van der Waals surface area contributed by atoms with Crippen molar-refractivity contribution in [2.24, 2.45) is 5.92 Å². The Morgan fingerprint density at radius 3 is 2.71 bits per heavy atom. The van der Waals surface area contributed by atoms with Crippen LogP contribution in [0.4, 0.5) is 17.6 Å². The van der Waals surface area contributed by atoms with E-state index < -0.39 is 46.3 Å². The largest absolute Gasteiger partial charge is 0.493 e. The number of nitrogens with one attached hydrogen (secondary N) is 2. The van der Waals surface area contributed by atoms with Gasteiger partial charge in [0.15, 0.2) is 11.6 Å². The van der Waals surface area contributed by atoms with Crippen LogP contribution in [0.3, 0.4) is 0 Å². The zero-order valence-corrected chi connectivity index (χ0v) is 22.1. The van der Waals surface area contributed by atoms with Crippen LogP contribution in [0.1, 0.15) is 42.5 Å². The van der Waals surface area contributed by atoms with Gasteiger partial charge in [0, 0.05) is 34.7 Å². The molecule has 0 bridgehead atoms. The summed E-state index contributed by atoms with van der Waals surface area (Å²) in [4.78, 5) is 21.6. The normalized spacial score (nSPS) is 21.2. The summed E-state index contributed by atoms with van der Waals surface area (Å²) in [7, 11) is 0. The highest BCUT2D eigenvalue weighted by molar-refractivity contribution is 5.83. The van der Waals surface area contributed by atoms with Crippen LogP contribution in [0.25, 0.3) is 22.3 Å². The van der Waals surface area contributed by atoms with Crippen molar-refractivity contribution in [3.8, 4) is 28.6 Å². The van der Waals surface area contributed by atoms with Crippen LogP contribution in [0.5, 0.6) is 17.2 Å². The van der Waals surface area contributed by atoms with Gasteiger partial charge in [-0.1, -0.05) is 18.2 Å². The fraction of sp³-hybridized carbons (Fsp3) is 0.226. The zero-order chi connectivity index (χ0) is 29.3. The van der Waals surface area contributed by atoms with Crippen molar-refractivity contribution in [2.45, 2.75) is 31.1 Å². The monoisotopic (exact) mass is 577 g/mol. The van der Waals surface area contributed by atoms with Gasteiger partial charge >= 0.3 is 5.97 Å². The highest BCUT2D eigenvalue weighted by atomic mass is 19.2. The van der Waals surface area contributed by atoms with E-state index in [1.54, 1.807) is 6.20 Å². The van der Waals surface area contributed by atoms with E-state index in [1.807, 2.05) is 25.1 Å². The molecule has 7 rings (SSSR count). The number of fused-ring (bicyclic) bond motifs is 2.